The van der Waals surface area contributed by atoms with Crippen LogP contribution in [0.15, 0.2) is 72.9 Å². The fourth-order valence-electron chi connectivity index (χ4n) is 4.84. The minimum Gasteiger partial charge on any atom is -0.383 e. The molecule has 0 saturated carbocycles. The van der Waals surface area contributed by atoms with E-state index < -0.39 is 0 Å². The highest BCUT2D eigenvalue weighted by atomic mass is 15.5. The van der Waals surface area contributed by atoms with E-state index in [1.54, 1.807) is 6.20 Å². The molecule has 0 saturated heterocycles. The van der Waals surface area contributed by atoms with Gasteiger partial charge in [-0.25, -0.2) is 15.1 Å². The van der Waals surface area contributed by atoms with Crippen molar-refractivity contribution >= 4 is 27.6 Å². The van der Waals surface area contributed by atoms with Gasteiger partial charge in [0.1, 0.15) is 11.6 Å². The lowest BCUT2D eigenvalue weighted by Crippen LogP contribution is -2.06. The summed E-state index contributed by atoms with van der Waals surface area (Å²) in [5.41, 5.74) is 12.7. The first-order valence-electron chi connectivity index (χ1n) is 12.2. The molecule has 178 valence electrons. The van der Waals surface area contributed by atoms with Crippen molar-refractivity contribution in [2.45, 2.75) is 32.7 Å². The molecule has 0 unspecified atom stereocenters. The maximum absolute atomic E-state index is 6.36. The quantitative estimate of drug-likeness (QED) is 0.320. The summed E-state index contributed by atoms with van der Waals surface area (Å²) in [7, 11) is 0. The number of rotatable bonds is 7. The third-order valence-corrected chi connectivity index (χ3v) is 6.63. The van der Waals surface area contributed by atoms with Gasteiger partial charge in [0.2, 0.25) is 0 Å². The SMILES string of the molecule is CCCCc1nc2ccc3ccnc(N)c3c2n1Cc1ccc(-c2ccccc2-c2nnn[nH]2)cc1. The van der Waals surface area contributed by atoms with Crippen molar-refractivity contribution in [1.82, 2.24) is 35.2 Å². The molecule has 0 spiro atoms. The normalized spacial score (nSPS) is 11.5. The lowest BCUT2D eigenvalue weighted by molar-refractivity contribution is 0.691. The highest BCUT2D eigenvalue weighted by molar-refractivity contribution is 6.09. The fourth-order valence-corrected chi connectivity index (χ4v) is 4.84. The number of aryl methyl sites for hydroxylation is 1. The number of aromatic amines is 1. The van der Waals surface area contributed by atoms with Crippen molar-refractivity contribution in [2.75, 3.05) is 5.73 Å². The van der Waals surface area contributed by atoms with E-state index in [1.165, 1.54) is 5.56 Å². The van der Waals surface area contributed by atoms with Crippen LogP contribution in [0.25, 0.3) is 44.3 Å². The van der Waals surface area contributed by atoms with E-state index in [0.29, 0.717) is 18.2 Å². The number of hydrogen-bond donors (Lipinski definition) is 2. The molecule has 3 heterocycles. The highest BCUT2D eigenvalue weighted by Crippen LogP contribution is 2.32. The number of aromatic nitrogens is 7. The van der Waals surface area contributed by atoms with E-state index >= 15 is 0 Å². The molecule has 8 nitrogen and oxygen atoms in total. The third-order valence-electron chi connectivity index (χ3n) is 6.63. The van der Waals surface area contributed by atoms with Gasteiger partial charge in [0, 0.05) is 30.1 Å². The van der Waals surface area contributed by atoms with Crippen molar-refractivity contribution in [3.63, 3.8) is 0 Å². The molecule has 0 atom stereocenters. The zero-order chi connectivity index (χ0) is 24.5. The van der Waals surface area contributed by atoms with Crippen molar-refractivity contribution < 1.29 is 0 Å². The standard InChI is InChI=1S/C28H26N8/c1-2-3-8-24-31-23-14-13-20-15-16-30-27(29)25(20)26(23)36(24)17-18-9-11-19(12-10-18)21-6-4-5-7-22(21)28-32-34-35-33-28/h4-7,9-16H,2-3,8,17H2,1H3,(H2,29,30)(H,32,33,34,35). The largest absolute Gasteiger partial charge is 0.383 e. The Morgan fingerprint density at radius 1 is 0.944 bits per heavy atom. The molecule has 0 aliphatic rings. The van der Waals surface area contributed by atoms with Crippen LogP contribution in [0.1, 0.15) is 31.2 Å². The minimum absolute atomic E-state index is 0.537. The number of fused-ring (bicyclic) bond motifs is 3. The third kappa shape index (κ3) is 3.86. The maximum Gasteiger partial charge on any atom is 0.180 e. The van der Waals surface area contributed by atoms with Crippen LogP contribution in [0.4, 0.5) is 5.82 Å². The summed E-state index contributed by atoms with van der Waals surface area (Å²) in [6.45, 7) is 2.91. The van der Waals surface area contributed by atoms with Crippen molar-refractivity contribution in [1.29, 1.82) is 0 Å². The average Bonchev–Trinajstić information content (AvgIpc) is 3.57. The summed E-state index contributed by atoms with van der Waals surface area (Å²) >= 11 is 0. The molecule has 0 fully saturated rings. The smallest absolute Gasteiger partial charge is 0.180 e. The van der Waals surface area contributed by atoms with Crippen molar-refractivity contribution in [3.05, 3.63) is 84.3 Å². The Hall–Kier alpha value is -4.59. The second kappa shape index (κ2) is 9.22. The Bertz CT molecular complexity index is 1650. The Labute approximate surface area is 208 Å². The van der Waals surface area contributed by atoms with Gasteiger partial charge in [0.15, 0.2) is 5.82 Å². The van der Waals surface area contributed by atoms with E-state index in [9.17, 15) is 0 Å². The molecule has 36 heavy (non-hydrogen) atoms. The Morgan fingerprint density at radius 2 is 1.78 bits per heavy atom. The van der Waals surface area contributed by atoms with Crippen LogP contribution in [0.5, 0.6) is 0 Å². The number of tetrazole rings is 1. The number of hydrogen-bond acceptors (Lipinski definition) is 6. The van der Waals surface area contributed by atoms with E-state index in [2.05, 4.69) is 79.6 Å². The topological polar surface area (TPSA) is 111 Å². The summed E-state index contributed by atoms with van der Waals surface area (Å²) in [6.07, 6.45) is 4.88. The number of H-pyrrole nitrogens is 1. The van der Waals surface area contributed by atoms with Crippen LogP contribution in [0.2, 0.25) is 0 Å². The number of imidazole rings is 1. The molecule has 3 aromatic heterocycles. The van der Waals surface area contributed by atoms with Gasteiger partial charge in [0.05, 0.1) is 11.0 Å². The highest BCUT2D eigenvalue weighted by Gasteiger charge is 2.16. The molecule has 0 amide bonds. The van der Waals surface area contributed by atoms with E-state index in [4.69, 9.17) is 10.7 Å². The summed E-state index contributed by atoms with van der Waals surface area (Å²) in [5.74, 6) is 2.27. The van der Waals surface area contributed by atoms with Gasteiger partial charge in [-0.05, 0) is 51.1 Å². The number of pyridine rings is 1. The molecule has 3 aromatic carbocycles. The lowest BCUT2D eigenvalue weighted by atomic mass is 9.98. The van der Waals surface area contributed by atoms with E-state index in [0.717, 1.165) is 63.6 Å². The molecule has 0 aliphatic heterocycles. The first-order chi connectivity index (χ1) is 17.7. The Morgan fingerprint density at radius 3 is 2.56 bits per heavy atom. The average molecular weight is 475 g/mol. The molecule has 8 heteroatoms. The molecule has 6 rings (SSSR count). The zero-order valence-electron chi connectivity index (χ0n) is 20.0. The van der Waals surface area contributed by atoms with Crippen molar-refractivity contribution in [2.24, 2.45) is 0 Å². The number of nitrogen functional groups attached to an aromatic ring is 1. The van der Waals surface area contributed by atoms with Crippen molar-refractivity contribution in [3.8, 4) is 22.5 Å². The van der Waals surface area contributed by atoms with Gasteiger partial charge < -0.3 is 10.3 Å². The molecule has 0 bridgehead atoms. The predicted octanol–water partition coefficient (Wildman–Crippen LogP) is 5.40. The number of unbranched alkanes of at least 4 members (excludes halogenated alkanes) is 1. The van der Waals surface area contributed by atoms with Gasteiger partial charge in [0.25, 0.3) is 0 Å². The van der Waals surface area contributed by atoms with Crippen LogP contribution >= 0.6 is 0 Å². The van der Waals surface area contributed by atoms with Gasteiger partial charge >= 0.3 is 0 Å². The number of nitrogens with two attached hydrogens (primary N) is 1. The summed E-state index contributed by atoms with van der Waals surface area (Å²) in [5, 5.41) is 16.5. The molecular weight excluding hydrogens is 448 g/mol. The van der Waals surface area contributed by atoms with Gasteiger partial charge in [-0.15, -0.1) is 5.10 Å². The fraction of sp³-hybridized carbons (Fsp3) is 0.179. The van der Waals surface area contributed by atoms with Gasteiger partial charge in [-0.1, -0.05) is 67.9 Å². The Balaban J connectivity index is 1.41. The molecule has 3 N–H and O–H groups in total. The number of nitrogens with zero attached hydrogens (tertiary/aromatic N) is 6. The zero-order valence-corrected chi connectivity index (χ0v) is 20.0. The maximum atomic E-state index is 6.36. The van der Waals surface area contributed by atoms with Gasteiger partial charge in [-0.2, -0.15) is 0 Å². The molecule has 0 aliphatic carbocycles. The summed E-state index contributed by atoms with van der Waals surface area (Å²) in [6, 6.07) is 22.9. The van der Waals surface area contributed by atoms with E-state index in [1.807, 2.05) is 24.3 Å². The summed E-state index contributed by atoms with van der Waals surface area (Å²) in [4.78, 5) is 9.37. The molecule has 6 aromatic rings. The summed E-state index contributed by atoms with van der Waals surface area (Å²) < 4.78 is 2.31. The molecule has 0 radical (unpaired) electrons. The second-order valence-electron chi connectivity index (χ2n) is 8.94. The molecular formula is C28H26N8. The monoisotopic (exact) mass is 474 g/mol. The van der Waals surface area contributed by atoms with E-state index in [-0.39, 0.29) is 0 Å². The van der Waals surface area contributed by atoms with Gasteiger partial charge in [-0.3, -0.25) is 0 Å². The van der Waals surface area contributed by atoms with Crippen LogP contribution in [-0.2, 0) is 13.0 Å². The second-order valence-corrected chi connectivity index (χ2v) is 8.94. The first-order valence-corrected chi connectivity index (χ1v) is 12.2. The van der Waals surface area contributed by atoms with Crippen LogP contribution < -0.4 is 5.73 Å². The minimum atomic E-state index is 0.537. The lowest BCUT2D eigenvalue weighted by Gasteiger charge is -2.13. The number of benzene rings is 3. The predicted molar refractivity (Wildman–Crippen MR) is 142 cm³/mol. The Kier molecular flexibility index (Phi) is 5.61. The van der Waals surface area contributed by atoms with Crippen LogP contribution in [0, 0.1) is 0 Å². The van der Waals surface area contributed by atoms with Crippen LogP contribution in [0.3, 0.4) is 0 Å². The van der Waals surface area contributed by atoms with Crippen LogP contribution in [-0.4, -0.2) is 35.2 Å². The first kappa shape index (κ1) is 21.9. The number of anilines is 1. The number of nitrogens with one attached hydrogen (secondary N) is 1.